The standard InChI is InChI=1S/C18H19BrClN3O/c19-15-4-7-17(21-13-15)22-9-11-23(12-10-22)18(24)8-3-14-1-5-16(20)6-2-14/h1-2,4-7,13H,3,8-12H2. The van der Waals surface area contributed by atoms with E-state index < -0.39 is 0 Å². The number of carbonyl (C=O) groups is 1. The van der Waals surface area contributed by atoms with Gasteiger partial charge in [0.1, 0.15) is 5.82 Å². The Balaban J connectivity index is 1.48. The molecule has 1 fully saturated rings. The number of hydrogen-bond acceptors (Lipinski definition) is 3. The molecule has 0 bridgehead atoms. The number of rotatable bonds is 4. The van der Waals surface area contributed by atoms with Gasteiger partial charge in [0.2, 0.25) is 5.91 Å². The van der Waals surface area contributed by atoms with Gasteiger partial charge >= 0.3 is 0 Å². The quantitative estimate of drug-likeness (QED) is 0.772. The third-order valence-corrected chi connectivity index (χ3v) is 4.93. The van der Waals surface area contributed by atoms with Crippen LogP contribution in [0, 0.1) is 0 Å². The van der Waals surface area contributed by atoms with E-state index in [-0.39, 0.29) is 5.91 Å². The normalized spacial score (nSPS) is 14.8. The number of nitrogens with zero attached hydrogens (tertiary/aromatic N) is 3. The summed E-state index contributed by atoms with van der Waals surface area (Å²) in [6.07, 6.45) is 3.10. The van der Waals surface area contributed by atoms with Gasteiger partial charge in [-0.25, -0.2) is 4.98 Å². The maximum absolute atomic E-state index is 12.4. The fourth-order valence-corrected chi connectivity index (χ4v) is 3.16. The molecule has 1 aliphatic rings. The van der Waals surface area contributed by atoms with Crippen molar-refractivity contribution < 1.29 is 4.79 Å². The van der Waals surface area contributed by atoms with Crippen LogP contribution in [-0.2, 0) is 11.2 Å². The predicted molar refractivity (Wildman–Crippen MR) is 101 cm³/mol. The van der Waals surface area contributed by atoms with Gasteiger partial charge < -0.3 is 9.80 Å². The fraction of sp³-hybridized carbons (Fsp3) is 0.333. The van der Waals surface area contributed by atoms with E-state index >= 15 is 0 Å². The van der Waals surface area contributed by atoms with E-state index in [2.05, 4.69) is 25.8 Å². The lowest BCUT2D eigenvalue weighted by Crippen LogP contribution is -2.49. The number of aromatic nitrogens is 1. The summed E-state index contributed by atoms with van der Waals surface area (Å²) in [6.45, 7) is 3.14. The Morgan fingerprint density at radius 2 is 1.79 bits per heavy atom. The van der Waals surface area contributed by atoms with Crippen molar-refractivity contribution in [3.63, 3.8) is 0 Å². The summed E-state index contributed by atoms with van der Waals surface area (Å²) in [5.74, 6) is 1.18. The number of amides is 1. The Morgan fingerprint density at radius 3 is 2.42 bits per heavy atom. The second-order valence-electron chi connectivity index (χ2n) is 5.83. The fourth-order valence-electron chi connectivity index (χ4n) is 2.80. The minimum Gasteiger partial charge on any atom is -0.353 e. The van der Waals surface area contributed by atoms with Crippen molar-refractivity contribution in [2.24, 2.45) is 0 Å². The van der Waals surface area contributed by atoms with Gasteiger partial charge in [-0.1, -0.05) is 23.7 Å². The first kappa shape index (κ1) is 17.2. The van der Waals surface area contributed by atoms with Crippen molar-refractivity contribution in [1.82, 2.24) is 9.88 Å². The lowest BCUT2D eigenvalue weighted by molar-refractivity contribution is -0.131. The molecule has 2 heterocycles. The number of benzene rings is 1. The molecule has 0 unspecified atom stereocenters. The summed E-state index contributed by atoms with van der Waals surface area (Å²) in [6, 6.07) is 11.7. The number of piperazine rings is 1. The van der Waals surface area contributed by atoms with Crippen LogP contribution in [0.15, 0.2) is 47.1 Å². The molecule has 6 heteroatoms. The molecular formula is C18H19BrClN3O. The minimum absolute atomic E-state index is 0.216. The molecule has 2 aromatic rings. The monoisotopic (exact) mass is 407 g/mol. The molecule has 4 nitrogen and oxygen atoms in total. The average molecular weight is 409 g/mol. The van der Waals surface area contributed by atoms with Crippen LogP contribution >= 0.6 is 27.5 Å². The van der Waals surface area contributed by atoms with Crippen LogP contribution in [0.1, 0.15) is 12.0 Å². The molecule has 24 heavy (non-hydrogen) atoms. The number of aryl methyl sites for hydroxylation is 1. The van der Waals surface area contributed by atoms with Crippen LogP contribution in [0.5, 0.6) is 0 Å². The molecule has 3 rings (SSSR count). The number of hydrogen-bond donors (Lipinski definition) is 0. The van der Waals surface area contributed by atoms with Crippen molar-refractivity contribution >= 4 is 39.3 Å². The third-order valence-electron chi connectivity index (χ3n) is 4.21. The van der Waals surface area contributed by atoms with Crippen molar-refractivity contribution in [1.29, 1.82) is 0 Å². The topological polar surface area (TPSA) is 36.4 Å². The molecule has 0 atom stereocenters. The minimum atomic E-state index is 0.216. The molecular weight excluding hydrogens is 390 g/mol. The molecule has 1 amide bonds. The van der Waals surface area contributed by atoms with Crippen molar-refractivity contribution in [2.45, 2.75) is 12.8 Å². The largest absolute Gasteiger partial charge is 0.353 e. The summed E-state index contributed by atoms with van der Waals surface area (Å²) in [5, 5.41) is 0.725. The van der Waals surface area contributed by atoms with E-state index in [4.69, 9.17) is 11.6 Å². The van der Waals surface area contributed by atoms with Crippen LogP contribution in [0.25, 0.3) is 0 Å². The molecule has 0 saturated carbocycles. The van der Waals surface area contributed by atoms with Gasteiger partial charge in [0, 0.05) is 48.3 Å². The molecule has 1 saturated heterocycles. The Labute approximate surface area is 155 Å². The molecule has 0 radical (unpaired) electrons. The zero-order valence-electron chi connectivity index (χ0n) is 13.3. The van der Waals surface area contributed by atoms with Gasteiger partial charge in [-0.3, -0.25) is 4.79 Å². The predicted octanol–water partition coefficient (Wildman–Crippen LogP) is 3.78. The molecule has 1 aromatic heterocycles. The number of halogens is 2. The lowest BCUT2D eigenvalue weighted by Gasteiger charge is -2.35. The second kappa shape index (κ2) is 7.99. The Hall–Kier alpha value is -1.59. The Bertz CT molecular complexity index is 682. The van der Waals surface area contributed by atoms with Gasteiger partial charge in [-0.15, -0.1) is 0 Å². The van der Waals surface area contributed by atoms with Crippen molar-refractivity contribution in [3.05, 3.63) is 57.7 Å². The summed E-state index contributed by atoms with van der Waals surface area (Å²) >= 11 is 9.28. The summed E-state index contributed by atoms with van der Waals surface area (Å²) in [4.78, 5) is 21.0. The molecule has 0 aliphatic carbocycles. The summed E-state index contributed by atoms with van der Waals surface area (Å²) in [5.41, 5.74) is 1.14. The number of pyridine rings is 1. The van der Waals surface area contributed by atoms with E-state index in [1.54, 1.807) is 6.20 Å². The van der Waals surface area contributed by atoms with Crippen LogP contribution in [0.3, 0.4) is 0 Å². The highest BCUT2D eigenvalue weighted by atomic mass is 79.9. The highest BCUT2D eigenvalue weighted by molar-refractivity contribution is 9.10. The first-order valence-corrected chi connectivity index (χ1v) is 9.17. The second-order valence-corrected chi connectivity index (χ2v) is 7.18. The van der Waals surface area contributed by atoms with Crippen LogP contribution in [0.2, 0.25) is 5.02 Å². The zero-order chi connectivity index (χ0) is 16.9. The van der Waals surface area contributed by atoms with Gasteiger partial charge in [-0.05, 0) is 52.2 Å². The van der Waals surface area contributed by atoms with Crippen LogP contribution < -0.4 is 4.90 Å². The molecule has 0 N–H and O–H groups in total. The van der Waals surface area contributed by atoms with Crippen LogP contribution in [-0.4, -0.2) is 42.0 Å². The molecule has 1 aromatic carbocycles. The van der Waals surface area contributed by atoms with E-state index in [1.807, 2.05) is 41.3 Å². The van der Waals surface area contributed by atoms with Gasteiger partial charge in [-0.2, -0.15) is 0 Å². The van der Waals surface area contributed by atoms with Gasteiger partial charge in [0.15, 0.2) is 0 Å². The average Bonchev–Trinajstić information content (AvgIpc) is 2.62. The van der Waals surface area contributed by atoms with Crippen molar-refractivity contribution in [3.8, 4) is 0 Å². The van der Waals surface area contributed by atoms with E-state index in [0.29, 0.717) is 6.42 Å². The summed E-state index contributed by atoms with van der Waals surface area (Å²) < 4.78 is 0.974. The lowest BCUT2D eigenvalue weighted by atomic mass is 10.1. The smallest absolute Gasteiger partial charge is 0.223 e. The maximum atomic E-state index is 12.4. The molecule has 126 valence electrons. The zero-order valence-corrected chi connectivity index (χ0v) is 15.6. The Morgan fingerprint density at radius 1 is 1.08 bits per heavy atom. The Kier molecular flexibility index (Phi) is 5.74. The highest BCUT2D eigenvalue weighted by Gasteiger charge is 2.21. The summed E-state index contributed by atoms with van der Waals surface area (Å²) in [7, 11) is 0. The van der Waals surface area contributed by atoms with E-state index in [9.17, 15) is 4.79 Å². The molecule has 0 spiro atoms. The van der Waals surface area contributed by atoms with Crippen LogP contribution in [0.4, 0.5) is 5.82 Å². The van der Waals surface area contributed by atoms with Gasteiger partial charge in [0.25, 0.3) is 0 Å². The first-order chi connectivity index (χ1) is 11.6. The van der Waals surface area contributed by atoms with Crippen molar-refractivity contribution in [2.75, 3.05) is 31.1 Å². The van der Waals surface area contributed by atoms with E-state index in [1.165, 1.54) is 0 Å². The maximum Gasteiger partial charge on any atom is 0.223 e. The third kappa shape index (κ3) is 4.48. The number of anilines is 1. The number of carbonyl (C=O) groups excluding carboxylic acids is 1. The van der Waals surface area contributed by atoms with Gasteiger partial charge in [0.05, 0.1) is 0 Å². The highest BCUT2D eigenvalue weighted by Crippen LogP contribution is 2.17. The SMILES string of the molecule is O=C(CCc1ccc(Cl)cc1)N1CCN(c2ccc(Br)cn2)CC1. The first-order valence-electron chi connectivity index (χ1n) is 8.00. The molecule has 1 aliphatic heterocycles. The van der Waals surface area contributed by atoms with E-state index in [0.717, 1.165) is 53.5 Å².